The number of H-pyrrole nitrogens is 1. The van der Waals surface area contributed by atoms with Gasteiger partial charge in [0.1, 0.15) is 11.2 Å². The maximum Gasteiger partial charge on any atom is 0.260 e. The minimum atomic E-state index is -1.78. The van der Waals surface area contributed by atoms with Gasteiger partial charge in [0.2, 0.25) is 5.78 Å². The molecule has 0 aliphatic heterocycles. The standard InChI is InChI=1S/C26H15NO8/c1-35-18-8-17(29)13-6-15-16(7-14(13)21(18)30)24(33)26(23(15)32)3-2-10-4-11-5-12(9-28)27-25(34)19(11)22(31)20(10)26/h4-9,31H,2-3H2,1H3,(H,27,34). The summed E-state index contributed by atoms with van der Waals surface area (Å²) in [4.78, 5) is 79.0. The number of hydrogen-bond donors (Lipinski definition) is 2. The highest BCUT2D eigenvalue weighted by Crippen LogP contribution is 2.53. The van der Waals surface area contributed by atoms with E-state index in [9.17, 15) is 33.9 Å². The van der Waals surface area contributed by atoms with Crippen molar-refractivity contribution < 1.29 is 33.8 Å². The maximum absolute atomic E-state index is 13.8. The van der Waals surface area contributed by atoms with Gasteiger partial charge in [0.05, 0.1) is 18.2 Å². The average molecular weight is 469 g/mol. The first-order chi connectivity index (χ1) is 16.7. The van der Waals surface area contributed by atoms with Gasteiger partial charge in [-0.1, -0.05) is 6.07 Å². The van der Waals surface area contributed by atoms with E-state index >= 15 is 0 Å². The van der Waals surface area contributed by atoms with Gasteiger partial charge in [-0.15, -0.1) is 0 Å². The molecular weight excluding hydrogens is 454 g/mol. The number of aldehydes is 1. The van der Waals surface area contributed by atoms with Gasteiger partial charge in [0.25, 0.3) is 5.56 Å². The number of ether oxygens (including phenoxy) is 1. The number of carbonyl (C=O) groups excluding carboxylic acids is 5. The minimum Gasteiger partial charge on any atom is -0.507 e. The Bertz CT molecular complexity index is 1710. The van der Waals surface area contributed by atoms with Crippen LogP contribution >= 0.6 is 0 Å². The lowest BCUT2D eigenvalue weighted by molar-refractivity contribution is 0.0791. The number of aromatic nitrogens is 1. The minimum absolute atomic E-state index is 0.00783. The fourth-order valence-electron chi connectivity index (χ4n) is 5.61. The van der Waals surface area contributed by atoms with Gasteiger partial charge in [-0.3, -0.25) is 28.8 Å². The zero-order valence-corrected chi connectivity index (χ0v) is 18.2. The number of phenols is 1. The van der Waals surface area contributed by atoms with Gasteiger partial charge in [-0.05, 0) is 42.0 Å². The third kappa shape index (κ3) is 2.41. The quantitative estimate of drug-likeness (QED) is 0.429. The first-order valence-electron chi connectivity index (χ1n) is 10.7. The van der Waals surface area contributed by atoms with E-state index in [4.69, 9.17) is 4.74 Å². The summed E-state index contributed by atoms with van der Waals surface area (Å²) in [5.74, 6) is -2.98. The van der Waals surface area contributed by atoms with E-state index in [-0.39, 0.29) is 57.5 Å². The molecule has 0 fully saturated rings. The highest BCUT2D eigenvalue weighted by molar-refractivity contribution is 6.36. The third-order valence-electron chi connectivity index (χ3n) is 7.17. The number of aromatic hydroxyl groups is 1. The molecule has 1 unspecified atom stereocenters. The van der Waals surface area contributed by atoms with Crippen molar-refractivity contribution in [3.05, 3.63) is 85.5 Å². The van der Waals surface area contributed by atoms with Crippen molar-refractivity contribution in [2.75, 3.05) is 7.11 Å². The van der Waals surface area contributed by atoms with Crippen molar-refractivity contribution in [3.63, 3.8) is 0 Å². The lowest BCUT2D eigenvalue weighted by atomic mass is 9.76. The van der Waals surface area contributed by atoms with Crippen molar-refractivity contribution in [2.24, 2.45) is 0 Å². The molecule has 2 aromatic carbocycles. The molecule has 9 heteroatoms. The number of nitrogens with one attached hydrogen (secondary N) is 1. The van der Waals surface area contributed by atoms with Crippen LogP contribution in [0.2, 0.25) is 0 Å². The Hall–Kier alpha value is -4.66. The number of pyridine rings is 1. The molecule has 3 aliphatic carbocycles. The smallest absolute Gasteiger partial charge is 0.260 e. The van der Waals surface area contributed by atoms with Gasteiger partial charge in [-0.25, -0.2) is 0 Å². The van der Waals surface area contributed by atoms with Crippen LogP contribution in [-0.4, -0.2) is 46.6 Å². The second-order valence-electron chi connectivity index (χ2n) is 8.81. The summed E-state index contributed by atoms with van der Waals surface area (Å²) in [6.45, 7) is 0. The molecule has 0 radical (unpaired) electrons. The second-order valence-corrected chi connectivity index (χ2v) is 8.81. The molecule has 1 aromatic heterocycles. The van der Waals surface area contributed by atoms with Crippen molar-refractivity contribution in [1.29, 1.82) is 0 Å². The van der Waals surface area contributed by atoms with E-state index in [1.165, 1.54) is 25.3 Å². The average Bonchev–Trinajstić information content (AvgIpc) is 3.33. The van der Waals surface area contributed by atoms with E-state index < -0.39 is 39.9 Å². The summed E-state index contributed by atoms with van der Waals surface area (Å²) in [5, 5.41) is 11.3. The molecule has 6 rings (SSSR count). The fourth-order valence-corrected chi connectivity index (χ4v) is 5.61. The number of carbonyl (C=O) groups is 5. The number of phenolic OH excluding ortho intramolecular Hbond substituents is 1. The molecular formula is C26H15NO8. The number of fused-ring (bicyclic) bond motifs is 5. The molecule has 0 amide bonds. The van der Waals surface area contributed by atoms with Gasteiger partial charge in [0, 0.05) is 33.9 Å². The summed E-state index contributed by atoms with van der Waals surface area (Å²) in [7, 11) is 1.25. The Morgan fingerprint density at radius 3 is 2.31 bits per heavy atom. The predicted molar refractivity (Wildman–Crippen MR) is 120 cm³/mol. The van der Waals surface area contributed by atoms with E-state index in [0.29, 0.717) is 17.2 Å². The Balaban J connectivity index is 1.59. The highest BCUT2D eigenvalue weighted by atomic mass is 16.5. The van der Waals surface area contributed by atoms with Crippen molar-refractivity contribution in [1.82, 2.24) is 4.98 Å². The number of hydrogen-bond acceptors (Lipinski definition) is 8. The first-order valence-corrected chi connectivity index (χ1v) is 10.7. The van der Waals surface area contributed by atoms with Crippen LogP contribution in [-0.2, 0) is 16.6 Å². The summed E-state index contributed by atoms with van der Waals surface area (Å²) in [5.41, 5.74) is -2.01. The molecule has 35 heavy (non-hydrogen) atoms. The molecule has 0 saturated heterocycles. The van der Waals surface area contributed by atoms with Crippen LogP contribution in [0.15, 0.2) is 40.9 Å². The SMILES string of the molecule is COC1=CC(=O)c2cc3c(cc2C1=O)C(=O)C1(CCc2cc4cc(C=O)[nH]c(=O)c4c(O)c21)C3=O. The molecule has 0 saturated carbocycles. The van der Waals surface area contributed by atoms with Crippen LogP contribution < -0.4 is 5.56 Å². The molecule has 0 bridgehead atoms. The number of rotatable bonds is 2. The Morgan fingerprint density at radius 1 is 0.971 bits per heavy atom. The summed E-state index contributed by atoms with van der Waals surface area (Å²) in [6.07, 6.45) is 1.82. The van der Waals surface area contributed by atoms with Gasteiger partial charge in [-0.2, -0.15) is 0 Å². The lowest BCUT2D eigenvalue weighted by Crippen LogP contribution is -2.36. The number of benzene rings is 2. The van der Waals surface area contributed by atoms with Crippen molar-refractivity contribution in [3.8, 4) is 5.75 Å². The van der Waals surface area contributed by atoms with E-state index in [1.54, 1.807) is 6.07 Å². The van der Waals surface area contributed by atoms with Crippen LogP contribution in [0.1, 0.15) is 69.5 Å². The largest absolute Gasteiger partial charge is 0.507 e. The monoisotopic (exact) mass is 469 g/mol. The molecule has 3 aromatic rings. The summed E-state index contributed by atoms with van der Waals surface area (Å²) in [6, 6.07) is 5.50. The summed E-state index contributed by atoms with van der Waals surface area (Å²) < 4.78 is 4.97. The lowest BCUT2D eigenvalue weighted by Gasteiger charge is -2.22. The molecule has 1 spiro atoms. The number of ketones is 4. The molecule has 2 N–H and O–H groups in total. The number of methoxy groups -OCH3 is 1. The van der Waals surface area contributed by atoms with Crippen LogP contribution in [0, 0.1) is 0 Å². The molecule has 172 valence electrons. The topological polar surface area (TPSA) is 148 Å². The van der Waals surface area contributed by atoms with E-state index in [1.807, 2.05) is 0 Å². The zero-order chi connectivity index (χ0) is 24.8. The Morgan fingerprint density at radius 2 is 1.66 bits per heavy atom. The molecule has 1 atom stereocenters. The highest BCUT2D eigenvalue weighted by Gasteiger charge is 2.59. The number of aryl methyl sites for hydroxylation is 1. The molecule has 3 aliphatic rings. The number of allylic oxidation sites excluding steroid dienone is 2. The Labute approximate surface area is 196 Å². The molecule has 9 nitrogen and oxygen atoms in total. The normalized spacial score (nSPS) is 20.2. The van der Waals surface area contributed by atoms with Gasteiger partial charge < -0.3 is 14.8 Å². The van der Waals surface area contributed by atoms with Gasteiger partial charge in [0.15, 0.2) is 29.4 Å². The Kier molecular flexibility index (Phi) is 4.00. The van der Waals surface area contributed by atoms with Gasteiger partial charge >= 0.3 is 0 Å². The van der Waals surface area contributed by atoms with Crippen LogP contribution in [0.25, 0.3) is 10.8 Å². The van der Waals surface area contributed by atoms with Crippen LogP contribution in [0.5, 0.6) is 5.75 Å². The first kappa shape index (κ1) is 20.9. The van der Waals surface area contributed by atoms with Crippen LogP contribution in [0.3, 0.4) is 0 Å². The molecule has 1 heterocycles. The number of Topliss-reactive ketones (excluding diaryl/α,β-unsaturated/α-hetero) is 3. The third-order valence-corrected chi connectivity index (χ3v) is 7.17. The van der Waals surface area contributed by atoms with Crippen molar-refractivity contribution in [2.45, 2.75) is 18.3 Å². The second kappa shape index (κ2) is 6.69. The predicted octanol–water partition coefficient (Wildman–Crippen LogP) is 2.22. The summed E-state index contributed by atoms with van der Waals surface area (Å²) >= 11 is 0. The fraction of sp³-hybridized carbons (Fsp3) is 0.154. The van der Waals surface area contributed by atoms with E-state index in [2.05, 4.69) is 4.98 Å². The maximum atomic E-state index is 13.8. The van der Waals surface area contributed by atoms with E-state index in [0.717, 1.165) is 6.08 Å². The zero-order valence-electron chi connectivity index (χ0n) is 18.2. The van der Waals surface area contributed by atoms with Crippen molar-refractivity contribution >= 4 is 40.2 Å². The number of aromatic amines is 1. The van der Waals surface area contributed by atoms with Crippen LogP contribution in [0.4, 0.5) is 0 Å².